The highest BCUT2D eigenvalue weighted by Crippen LogP contribution is 2.24. The number of aromatic nitrogens is 1. The van der Waals surface area contributed by atoms with Crippen LogP contribution in [0, 0.1) is 13.8 Å². The number of amides is 1. The van der Waals surface area contributed by atoms with E-state index in [4.69, 9.17) is 4.42 Å². The SMILES string of the molecule is Cc1ccc(-c2ccc(C(=O)NCc3cccnc3)o2)cc1C. The zero-order valence-electron chi connectivity index (χ0n) is 13.2. The minimum absolute atomic E-state index is 0.232. The minimum Gasteiger partial charge on any atom is -0.451 e. The molecule has 4 nitrogen and oxygen atoms in total. The Kier molecular flexibility index (Phi) is 4.24. The van der Waals surface area contributed by atoms with Crippen molar-refractivity contribution in [1.82, 2.24) is 10.3 Å². The van der Waals surface area contributed by atoms with Gasteiger partial charge in [0.15, 0.2) is 5.76 Å². The summed E-state index contributed by atoms with van der Waals surface area (Å²) in [6.07, 6.45) is 3.43. The summed E-state index contributed by atoms with van der Waals surface area (Å²) in [4.78, 5) is 16.2. The van der Waals surface area contributed by atoms with Gasteiger partial charge in [-0.15, -0.1) is 0 Å². The summed E-state index contributed by atoms with van der Waals surface area (Å²) >= 11 is 0. The molecule has 4 heteroatoms. The quantitative estimate of drug-likeness (QED) is 0.795. The van der Waals surface area contributed by atoms with Gasteiger partial charge in [-0.1, -0.05) is 18.2 Å². The van der Waals surface area contributed by atoms with Crippen LogP contribution in [0.3, 0.4) is 0 Å². The monoisotopic (exact) mass is 306 g/mol. The third-order valence-electron chi connectivity index (χ3n) is 3.80. The summed E-state index contributed by atoms with van der Waals surface area (Å²) < 4.78 is 5.69. The third kappa shape index (κ3) is 3.48. The van der Waals surface area contributed by atoms with E-state index >= 15 is 0 Å². The van der Waals surface area contributed by atoms with Crippen LogP contribution >= 0.6 is 0 Å². The van der Waals surface area contributed by atoms with Crippen molar-refractivity contribution in [2.45, 2.75) is 20.4 Å². The number of rotatable bonds is 4. The molecule has 3 aromatic rings. The molecule has 0 saturated heterocycles. The van der Waals surface area contributed by atoms with Gasteiger partial charge < -0.3 is 9.73 Å². The number of hydrogen-bond acceptors (Lipinski definition) is 3. The predicted molar refractivity (Wildman–Crippen MR) is 89.0 cm³/mol. The zero-order chi connectivity index (χ0) is 16.2. The highest BCUT2D eigenvalue weighted by atomic mass is 16.3. The van der Waals surface area contributed by atoms with E-state index in [1.54, 1.807) is 18.5 Å². The molecule has 0 radical (unpaired) electrons. The molecule has 1 amide bonds. The molecule has 3 rings (SSSR count). The Bertz CT molecular complexity index is 822. The van der Waals surface area contributed by atoms with E-state index in [0.29, 0.717) is 18.1 Å². The van der Waals surface area contributed by atoms with Gasteiger partial charge in [0.25, 0.3) is 5.91 Å². The number of nitrogens with zero attached hydrogens (tertiary/aromatic N) is 1. The molecule has 2 aromatic heterocycles. The van der Waals surface area contributed by atoms with Crippen LogP contribution in [0.1, 0.15) is 27.2 Å². The van der Waals surface area contributed by atoms with Crippen LogP contribution in [-0.4, -0.2) is 10.9 Å². The molecule has 0 aliphatic rings. The van der Waals surface area contributed by atoms with Crippen molar-refractivity contribution >= 4 is 5.91 Å². The Morgan fingerprint density at radius 1 is 1.13 bits per heavy atom. The van der Waals surface area contributed by atoms with E-state index in [1.807, 2.05) is 24.3 Å². The van der Waals surface area contributed by atoms with Gasteiger partial charge in [0.1, 0.15) is 5.76 Å². The van der Waals surface area contributed by atoms with Gasteiger partial charge in [-0.3, -0.25) is 9.78 Å². The summed E-state index contributed by atoms with van der Waals surface area (Å²) in [5, 5.41) is 2.83. The molecule has 2 heterocycles. The standard InChI is InChI=1S/C19H18N2O2/c1-13-5-6-16(10-14(13)2)17-7-8-18(23-17)19(22)21-12-15-4-3-9-20-11-15/h3-11H,12H2,1-2H3,(H,21,22). The lowest BCUT2D eigenvalue weighted by Gasteiger charge is -2.04. The van der Waals surface area contributed by atoms with Crippen molar-refractivity contribution in [3.63, 3.8) is 0 Å². The second-order valence-electron chi connectivity index (χ2n) is 5.51. The van der Waals surface area contributed by atoms with Gasteiger partial charge in [-0.2, -0.15) is 0 Å². The lowest BCUT2D eigenvalue weighted by Crippen LogP contribution is -2.22. The molecule has 0 aliphatic carbocycles. The second kappa shape index (κ2) is 6.48. The van der Waals surface area contributed by atoms with Crippen LogP contribution in [0.25, 0.3) is 11.3 Å². The highest BCUT2D eigenvalue weighted by molar-refractivity contribution is 5.92. The molecule has 0 aliphatic heterocycles. The van der Waals surface area contributed by atoms with Crippen LogP contribution in [0.5, 0.6) is 0 Å². The number of carbonyl (C=O) groups is 1. The largest absolute Gasteiger partial charge is 0.451 e. The van der Waals surface area contributed by atoms with Crippen LogP contribution in [-0.2, 0) is 6.54 Å². The van der Waals surface area contributed by atoms with E-state index in [0.717, 1.165) is 11.1 Å². The maximum Gasteiger partial charge on any atom is 0.287 e. The fourth-order valence-corrected chi connectivity index (χ4v) is 2.28. The van der Waals surface area contributed by atoms with Crippen molar-refractivity contribution in [1.29, 1.82) is 0 Å². The Labute approximate surface area is 135 Å². The number of carbonyl (C=O) groups excluding carboxylic acids is 1. The van der Waals surface area contributed by atoms with Crippen molar-refractivity contribution in [2.24, 2.45) is 0 Å². The van der Waals surface area contributed by atoms with Crippen LogP contribution in [0.15, 0.2) is 59.3 Å². The summed E-state index contributed by atoms with van der Waals surface area (Å²) in [5.41, 5.74) is 4.34. The predicted octanol–water partition coefficient (Wildman–Crippen LogP) is 3.89. The molecule has 0 saturated carbocycles. The summed E-state index contributed by atoms with van der Waals surface area (Å²) in [7, 11) is 0. The van der Waals surface area contributed by atoms with Crippen molar-refractivity contribution in [2.75, 3.05) is 0 Å². The fourth-order valence-electron chi connectivity index (χ4n) is 2.28. The summed E-state index contributed by atoms with van der Waals surface area (Å²) in [6, 6.07) is 13.4. The number of furan rings is 1. The van der Waals surface area contributed by atoms with E-state index in [1.165, 1.54) is 11.1 Å². The molecule has 23 heavy (non-hydrogen) atoms. The van der Waals surface area contributed by atoms with Gasteiger partial charge in [0.05, 0.1) is 0 Å². The van der Waals surface area contributed by atoms with E-state index in [9.17, 15) is 4.79 Å². The van der Waals surface area contributed by atoms with Gasteiger partial charge >= 0.3 is 0 Å². The molecule has 0 fully saturated rings. The zero-order valence-corrected chi connectivity index (χ0v) is 13.2. The molecule has 0 spiro atoms. The number of hydrogen-bond donors (Lipinski definition) is 1. The normalized spacial score (nSPS) is 10.5. The first-order valence-electron chi connectivity index (χ1n) is 7.48. The molecule has 0 bridgehead atoms. The lowest BCUT2D eigenvalue weighted by atomic mass is 10.1. The smallest absolute Gasteiger partial charge is 0.287 e. The van der Waals surface area contributed by atoms with Crippen molar-refractivity contribution in [3.8, 4) is 11.3 Å². The third-order valence-corrected chi connectivity index (χ3v) is 3.80. The number of pyridine rings is 1. The van der Waals surface area contributed by atoms with E-state index in [2.05, 4.69) is 36.3 Å². The Morgan fingerprint density at radius 3 is 2.74 bits per heavy atom. The molecule has 1 N–H and O–H groups in total. The van der Waals surface area contributed by atoms with Crippen molar-refractivity contribution < 1.29 is 9.21 Å². The first kappa shape index (κ1) is 15.0. The van der Waals surface area contributed by atoms with Gasteiger partial charge in [-0.05, 0) is 54.8 Å². The average molecular weight is 306 g/mol. The van der Waals surface area contributed by atoms with Crippen LogP contribution in [0.4, 0.5) is 0 Å². The first-order valence-corrected chi connectivity index (χ1v) is 7.48. The van der Waals surface area contributed by atoms with E-state index in [-0.39, 0.29) is 5.91 Å². The van der Waals surface area contributed by atoms with Crippen molar-refractivity contribution in [3.05, 3.63) is 77.3 Å². The maximum atomic E-state index is 12.2. The molecular weight excluding hydrogens is 288 g/mol. The van der Waals surface area contributed by atoms with E-state index < -0.39 is 0 Å². The first-order chi connectivity index (χ1) is 11.1. The highest BCUT2D eigenvalue weighted by Gasteiger charge is 2.12. The molecule has 1 aromatic carbocycles. The second-order valence-corrected chi connectivity index (χ2v) is 5.51. The Balaban J connectivity index is 1.71. The average Bonchev–Trinajstić information content (AvgIpc) is 3.06. The molecular formula is C19H18N2O2. The number of aryl methyl sites for hydroxylation is 2. The van der Waals surface area contributed by atoms with Crippen LogP contribution in [0.2, 0.25) is 0 Å². The van der Waals surface area contributed by atoms with Gasteiger partial charge in [0.2, 0.25) is 0 Å². The molecule has 0 atom stereocenters. The Morgan fingerprint density at radius 2 is 2.00 bits per heavy atom. The topological polar surface area (TPSA) is 55.1 Å². The lowest BCUT2D eigenvalue weighted by molar-refractivity contribution is 0.0924. The Hall–Kier alpha value is -2.88. The number of nitrogens with one attached hydrogen (secondary N) is 1. The van der Waals surface area contributed by atoms with Gasteiger partial charge in [-0.25, -0.2) is 0 Å². The number of benzene rings is 1. The molecule has 0 unspecified atom stereocenters. The maximum absolute atomic E-state index is 12.2. The molecule has 116 valence electrons. The minimum atomic E-state index is -0.232. The summed E-state index contributed by atoms with van der Waals surface area (Å²) in [6.45, 7) is 4.55. The van der Waals surface area contributed by atoms with Gasteiger partial charge in [0, 0.05) is 24.5 Å². The summed E-state index contributed by atoms with van der Waals surface area (Å²) in [5.74, 6) is 0.769. The fraction of sp³-hybridized carbons (Fsp3) is 0.158. The van der Waals surface area contributed by atoms with Crippen LogP contribution < -0.4 is 5.32 Å².